The van der Waals surface area contributed by atoms with Gasteiger partial charge in [-0.25, -0.2) is 4.79 Å². The van der Waals surface area contributed by atoms with E-state index < -0.39 is 6.10 Å². The van der Waals surface area contributed by atoms with Crippen molar-refractivity contribution < 1.29 is 9.90 Å². The number of hydrogen-bond acceptors (Lipinski definition) is 3. The number of rotatable bonds is 3. The summed E-state index contributed by atoms with van der Waals surface area (Å²) in [5.41, 5.74) is 2.05. The minimum absolute atomic E-state index is 0.339. The molecular weight excluding hydrogens is 242 g/mol. The average molecular weight is 257 g/mol. The molecule has 0 spiro atoms. The summed E-state index contributed by atoms with van der Waals surface area (Å²) in [6, 6.07) is 10.1. The molecule has 2 aromatic rings. The van der Waals surface area contributed by atoms with E-state index in [0.717, 1.165) is 5.56 Å². The summed E-state index contributed by atoms with van der Waals surface area (Å²) >= 11 is 0. The molecule has 5 nitrogen and oxygen atoms in total. The minimum atomic E-state index is -0.565. The van der Waals surface area contributed by atoms with Crippen LogP contribution < -0.4 is 10.6 Å². The molecule has 5 heteroatoms. The number of aromatic nitrogens is 1. The number of urea groups is 1. The summed E-state index contributed by atoms with van der Waals surface area (Å²) in [6.07, 6.45) is 2.64. The summed E-state index contributed by atoms with van der Waals surface area (Å²) in [5.74, 6) is 0. The highest BCUT2D eigenvalue weighted by Crippen LogP contribution is 2.17. The number of carbonyl (C=O) groups is 1. The first-order valence-electron chi connectivity index (χ1n) is 5.91. The Kier molecular flexibility index (Phi) is 4.10. The zero-order chi connectivity index (χ0) is 13.7. The Bertz CT molecular complexity index is 556. The summed E-state index contributed by atoms with van der Waals surface area (Å²) in [7, 11) is 0. The van der Waals surface area contributed by atoms with E-state index in [2.05, 4.69) is 15.6 Å². The van der Waals surface area contributed by atoms with Crippen LogP contribution in [-0.4, -0.2) is 16.1 Å². The Hall–Kier alpha value is -2.40. The van der Waals surface area contributed by atoms with Crippen molar-refractivity contribution >= 4 is 17.4 Å². The molecule has 1 aromatic heterocycles. The molecule has 0 fully saturated rings. The quantitative estimate of drug-likeness (QED) is 0.791. The number of pyridine rings is 1. The van der Waals surface area contributed by atoms with E-state index in [1.165, 1.54) is 0 Å². The third kappa shape index (κ3) is 3.79. The van der Waals surface area contributed by atoms with Gasteiger partial charge in [0.1, 0.15) is 0 Å². The van der Waals surface area contributed by atoms with Crippen molar-refractivity contribution in [3.05, 3.63) is 54.4 Å². The molecule has 0 saturated carbocycles. The first kappa shape index (κ1) is 13.0. The van der Waals surface area contributed by atoms with Crippen molar-refractivity contribution in [3.63, 3.8) is 0 Å². The monoisotopic (exact) mass is 257 g/mol. The molecule has 0 aliphatic heterocycles. The van der Waals surface area contributed by atoms with Crippen LogP contribution in [0.3, 0.4) is 0 Å². The highest BCUT2D eigenvalue weighted by Gasteiger charge is 2.05. The maximum absolute atomic E-state index is 11.8. The standard InChI is InChI=1S/C14H15N3O2/c1-10(18)11-3-2-4-13(9-11)17-14(19)16-12-5-7-15-8-6-12/h2-10,18H,1H3,(H2,15,16,17,19). The number of carbonyl (C=O) groups excluding carboxylic acids is 1. The minimum Gasteiger partial charge on any atom is -0.389 e. The number of nitrogens with zero attached hydrogens (tertiary/aromatic N) is 1. The summed E-state index contributed by atoms with van der Waals surface area (Å²) in [4.78, 5) is 15.6. The molecule has 2 rings (SSSR count). The van der Waals surface area contributed by atoms with E-state index >= 15 is 0 Å². The van der Waals surface area contributed by atoms with E-state index in [0.29, 0.717) is 11.4 Å². The lowest BCUT2D eigenvalue weighted by molar-refractivity contribution is 0.199. The van der Waals surface area contributed by atoms with Crippen LogP contribution in [0.25, 0.3) is 0 Å². The van der Waals surface area contributed by atoms with Crippen molar-refractivity contribution in [1.29, 1.82) is 0 Å². The summed E-state index contributed by atoms with van der Waals surface area (Å²) < 4.78 is 0. The van der Waals surface area contributed by atoms with E-state index in [9.17, 15) is 9.90 Å². The first-order valence-corrected chi connectivity index (χ1v) is 5.91. The Morgan fingerprint density at radius 2 is 1.84 bits per heavy atom. The number of aliphatic hydroxyl groups is 1. The lowest BCUT2D eigenvalue weighted by atomic mass is 10.1. The van der Waals surface area contributed by atoms with Gasteiger partial charge in [-0.05, 0) is 36.8 Å². The molecule has 3 N–H and O–H groups in total. The zero-order valence-corrected chi connectivity index (χ0v) is 10.5. The fourth-order valence-electron chi connectivity index (χ4n) is 1.60. The molecule has 0 bridgehead atoms. The van der Waals surface area contributed by atoms with Gasteiger partial charge >= 0.3 is 6.03 Å². The van der Waals surface area contributed by atoms with Crippen molar-refractivity contribution in [2.75, 3.05) is 10.6 Å². The van der Waals surface area contributed by atoms with Gasteiger partial charge in [0, 0.05) is 23.8 Å². The maximum Gasteiger partial charge on any atom is 0.323 e. The second-order valence-corrected chi connectivity index (χ2v) is 4.12. The fourth-order valence-corrected chi connectivity index (χ4v) is 1.60. The smallest absolute Gasteiger partial charge is 0.323 e. The topological polar surface area (TPSA) is 74.2 Å². The van der Waals surface area contributed by atoms with Crippen LogP contribution >= 0.6 is 0 Å². The van der Waals surface area contributed by atoms with Crippen molar-refractivity contribution in [2.24, 2.45) is 0 Å². The van der Waals surface area contributed by atoms with Gasteiger partial charge in [0.05, 0.1) is 6.10 Å². The number of benzene rings is 1. The molecule has 1 unspecified atom stereocenters. The maximum atomic E-state index is 11.8. The third-order valence-electron chi connectivity index (χ3n) is 2.57. The van der Waals surface area contributed by atoms with Gasteiger partial charge in [-0.1, -0.05) is 12.1 Å². The molecule has 1 atom stereocenters. The third-order valence-corrected chi connectivity index (χ3v) is 2.57. The lowest BCUT2D eigenvalue weighted by Crippen LogP contribution is -2.19. The Morgan fingerprint density at radius 1 is 1.16 bits per heavy atom. The Balaban J connectivity index is 2.01. The molecule has 0 radical (unpaired) electrons. The lowest BCUT2D eigenvalue weighted by Gasteiger charge is -2.10. The fraction of sp³-hybridized carbons (Fsp3) is 0.143. The van der Waals surface area contributed by atoms with Gasteiger partial charge in [-0.2, -0.15) is 0 Å². The Labute approximate surface area is 111 Å². The number of anilines is 2. The van der Waals surface area contributed by atoms with Gasteiger partial charge in [0.15, 0.2) is 0 Å². The van der Waals surface area contributed by atoms with Crippen molar-refractivity contribution in [2.45, 2.75) is 13.0 Å². The second-order valence-electron chi connectivity index (χ2n) is 4.12. The number of aliphatic hydroxyl groups excluding tert-OH is 1. The van der Waals surface area contributed by atoms with Crippen LogP contribution in [0, 0.1) is 0 Å². The molecule has 2 amide bonds. The van der Waals surface area contributed by atoms with Crippen molar-refractivity contribution in [3.8, 4) is 0 Å². The van der Waals surface area contributed by atoms with Gasteiger partial charge in [-0.3, -0.25) is 4.98 Å². The van der Waals surface area contributed by atoms with Crippen LogP contribution in [0.5, 0.6) is 0 Å². The predicted molar refractivity (Wildman–Crippen MR) is 74.0 cm³/mol. The molecule has 1 aromatic carbocycles. The summed E-state index contributed by atoms with van der Waals surface area (Å²) in [6.45, 7) is 1.68. The van der Waals surface area contributed by atoms with E-state index in [1.54, 1.807) is 55.7 Å². The van der Waals surface area contributed by atoms with Gasteiger partial charge in [-0.15, -0.1) is 0 Å². The molecule has 1 heterocycles. The highest BCUT2D eigenvalue weighted by atomic mass is 16.3. The van der Waals surface area contributed by atoms with Crippen molar-refractivity contribution in [1.82, 2.24) is 4.98 Å². The molecule has 0 aliphatic rings. The van der Waals surface area contributed by atoms with Gasteiger partial charge < -0.3 is 15.7 Å². The zero-order valence-electron chi connectivity index (χ0n) is 10.5. The van der Waals surface area contributed by atoms with Crippen LogP contribution in [0.4, 0.5) is 16.2 Å². The predicted octanol–water partition coefficient (Wildman–Crippen LogP) is 2.78. The number of amides is 2. The van der Waals surface area contributed by atoms with E-state index in [-0.39, 0.29) is 6.03 Å². The van der Waals surface area contributed by atoms with Gasteiger partial charge in [0.25, 0.3) is 0 Å². The molecule has 19 heavy (non-hydrogen) atoms. The van der Waals surface area contributed by atoms with E-state index in [4.69, 9.17) is 0 Å². The summed E-state index contributed by atoms with van der Waals surface area (Å²) in [5, 5.41) is 14.9. The highest BCUT2D eigenvalue weighted by molar-refractivity contribution is 5.99. The SMILES string of the molecule is CC(O)c1cccc(NC(=O)Nc2ccncc2)c1. The first-order chi connectivity index (χ1) is 9.15. The molecular formula is C14H15N3O2. The number of hydrogen-bond donors (Lipinski definition) is 3. The van der Waals surface area contributed by atoms with E-state index in [1.807, 2.05) is 0 Å². The normalized spacial score (nSPS) is 11.7. The number of nitrogens with one attached hydrogen (secondary N) is 2. The van der Waals surface area contributed by atoms with Crippen LogP contribution in [-0.2, 0) is 0 Å². The second kappa shape index (κ2) is 5.97. The largest absolute Gasteiger partial charge is 0.389 e. The Morgan fingerprint density at radius 3 is 2.53 bits per heavy atom. The molecule has 0 saturated heterocycles. The van der Waals surface area contributed by atoms with Crippen LogP contribution in [0.2, 0.25) is 0 Å². The molecule has 0 aliphatic carbocycles. The van der Waals surface area contributed by atoms with Gasteiger partial charge in [0.2, 0.25) is 0 Å². The van der Waals surface area contributed by atoms with Crippen LogP contribution in [0.15, 0.2) is 48.8 Å². The van der Waals surface area contributed by atoms with Crippen LogP contribution in [0.1, 0.15) is 18.6 Å². The molecule has 98 valence electrons. The average Bonchev–Trinajstić information content (AvgIpc) is 2.40.